The van der Waals surface area contributed by atoms with Crippen LogP contribution in [0, 0.1) is 0 Å². The van der Waals surface area contributed by atoms with Crippen LogP contribution in [0.3, 0.4) is 0 Å². The topological polar surface area (TPSA) is 53.8 Å². The Hall–Kier alpha value is -3.98. The molecule has 0 amide bonds. The number of benzene rings is 2. The molecule has 2 saturated heterocycles. The van der Waals surface area contributed by atoms with Crippen molar-refractivity contribution in [2.24, 2.45) is 0 Å². The van der Waals surface area contributed by atoms with E-state index >= 15 is 0 Å². The van der Waals surface area contributed by atoms with E-state index in [4.69, 9.17) is 9.15 Å². The van der Waals surface area contributed by atoms with Gasteiger partial charge in [0.15, 0.2) is 5.76 Å². The zero-order valence-corrected chi connectivity index (χ0v) is 22.7. The number of alkyl halides is 3. The van der Waals surface area contributed by atoms with Crippen molar-refractivity contribution in [2.45, 2.75) is 44.1 Å². The number of aromatic nitrogens is 1. The van der Waals surface area contributed by atoms with Crippen LogP contribution in [0.5, 0.6) is 5.75 Å². The largest absolute Gasteiger partial charge is 0.490 e. The molecule has 4 aromatic rings. The van der Waals surface area contributed by atoms with Crippen LogP contribution in [0.1, 0.15) is 36.1 Å². The quantitative estimate of drug-likeness (QED) is 0.257. The first kappa shape index (κ1) is 27.2. The molecule has 214 valence electrons. The normalized spacial score (nSPS) is 18.6. The van der Waals surface area contributed by atoms with Crippen molar-refractivity contribution < 1.29 is 22.3 Å². The summed E-state index contributed by atoms with van der Waals surface area (Å²) in [7, 11) is 0. The third-order valence-electron chi connectivity index (χ3n) is 7.87. The number of pyridine rings is 1. The Balaban J connectivity index is 1.01. The summed E-state index contributed by atoms with van der Waals surface area (Å²) in [5.74, 6) is 1.49. The minimum atomic E-state index is -4.32. The Morgan fingerprint density at radius 2 is 1.83 bits per heavy atom. The van der Waals surface area contributed by atoms with Gasteiger partial charge in [-0.05, 0) is 66.6 Å². The molecular weight excluding hydrogens is 529 g/mol. The molecule has 6 rings (SSSR count). The van der Waals surface area contributed by atoms with Crippen LogP contribution < -0.4 is 15.0 Å². The minimum absolute atomic E-state index is 0.0399. The Morgan fingerprint density at radius 3 is 2.56 bits per heavy atom. The minimum Gasteiger partial charge on any atom is -0.490 e. The molecule has 4 heterocycles. The molecule has 1 N–H and O–H groups in total. The summed E-state index contributed by atoms with van der Waals surface area (Å²) >= 11 is 0. The smallest absolute Gasteiger partial charge is 0.416 e. The summed E-state index contributed by atoms with van der Waals surface area (Å²) < 4.78 is 51.0. The second-order valence-electron chi connectivity index (χ2n) is 10.9. The van der Waals surface area contributed by atoms with E-state index in [1.807, 2.05) is 36.5 Å². The third-order valence-corrected chi connectivity index (χ3v) is 7.87. The molecule has 9 heteroatoms. The molecule has 41 heavy (non-hydrogen) atoms. The fourth-order valence-electron chi connectivity index (χ4n) is 5.69. The number of piperidine rings is 1. The number of likely N-dealkylation sites (tertiary alicyclic amines) is 1. The summed E-state index contributed by atoms with van der Waals surface area (Å²) in [6.07, 6.45) is 2.04. The summed E-state index contributed by atoms with van der Waals surface area (Å²) in [6.45, 7) is 8.52. The molecule has 1 atom stereocenters. The zero-order valence-electron chi connectivity index (χ0n) is 22.7. The highest BCUT2D eigenvalue weighted by molar-refractivity contribution is 5.82. The molecule has 0 bridgehead atoms. The molecule has 6 nitrogen and oxygen atoms in total. The maximum Gasteiger partial charge on any atom is 0.416 e. The predicted octanol–water partition coefficient (Wildman–Crippen LogP) is 6.73. The summed E-state index contributed by atoms with van der Waals surface area (Å²) in [5, 5.41) is 4.49. The molecule has 0 radical (unpaired) electrons. The van der Waals surface area contributed by atoms with Gasteiger partial charge in [-0.1, -0.05) is 12.6 Å². The molecule has 0 aliphatic carbocycles. The van der Waals surface area contributed by atoms with Crippen LogP contribution in [0.15, 0.2) is 84.1 Å². The van der Waals surface area contributed by atoms with Crippen molar-refractivity contribution in [2.75, 3.05) is 31.1 Å². The van der Waals surface area contributed by atoms with Crippen LogP contribution in [0.2, 0.25) is 0 Å². The van der Waals surface area contributed by atoms with E-state index in [2.05, 4.69) is 32.7 Å². The predicted molar refractivity (Wildman–Crippen MR) is 154 cm³/mol. The first-order valence-corrected chi connectivity index (χ1v) is 14.0. The number of furan rings is 1. The first-order chi connectivity index (χ1) is 19.8. The van der Waals surface area contributed by atoms with Gasteiger partial charge in [0.25, 0.3) is 0 Å². The van der Waals surface area contributed by atoms with Gasteiger partial charge in [-0.3, -0.25) is 9.88 Å². The number of nitrogens with one attached hydrogen (secondary N) is 1. The molecule has 2 aromatic heterocycles. The van der Waals surface area contributed by atoms with Crippen molar-refractivity contribution >= 4 is 22.4 Å². The van der Waals surface area contributed by atoms with Crippen LogP contribution in [0.25, 0.3) is 16.7 Å². The van der Waals surface area contributed by atoms with Gasteiger partial charge in [-0.15, -0.1) is 0 Å². The van der Waals surface area contributed by atoms with Crippen molar-refractivity contribution in [3.05, 3.63) is 96.5 Å². The van der Waals surface area contributed by atoms with E-state index in [1.165, 1.54) is 5.56 Å². The van der Waals surface area contributed by atoms with Gasteiger partial charge in [0.2, 0.25) is 0 Å². The highest BCUT2D eigenvalue weighted by Crippen LogP contribution is 2.32. The second kappa shape index (κ2) is 11.5. The number of anilines is 1. The molecule has 2 aliphatic heterocycles. The Morgan fingerprint density at radius 1 is 1.02 bits per heavy atom. The van der Waals surface area contributed by atoms with Crippen molar-refractivity contribution in [1.82, 2.24) is 15.2 Å². The van der Waals surface area contributed by atoms with E-state index in [1.54, 1.807) is 18.3 Å². The lowest BCUT2D eigenvalue weighted by Gasteiger charge is -2.33. The monoisotopic (exact) mass is 562 g/mol. The lowest BCUT2D eigenvalue weighted by atomic mass is 10.1. The number of fused-ring (bicyclic) bond motifs is 1. The summed E-state index contributed by atoms with van der Waals surface area (Å²) in [5.41, 5.74) is 2.94. The summed E-state index contributed by atoms with van der Waals surface area (Å²) in [6, 6.07) is 17.6. The Labute approximate surface area is 237 Å². The number of halogens is 3. The molecule has 0 unspecified atom stereocenters. The second-order valence-corrected chi connectivity index (χ2v) is 10.9. The van der Waals surface area contributed by atoms with Crippen LogP contribution >= 0.6 is 0 Å². The van der Waals surface area contributed by atoms with Gasteiger partial charge in [0.1, 0.15) is 17.4 Å². The van der Waals surface area contributed by atoms with Gasteiger partial charge in [0, 0.05) is 75.1 Å². The lowest BCUT2D eigenvalue weighted by molar-refractivity contribution is -0.137. The van der Waals surface area contributed by atoms with Gasteiger partial charge in [-0.25, -0.2) is 0 Å². The fraction of sp³-hybridized carbons (Fsp3) is 0.344. The van der Waals surface area contributed by atoms with Gasteiger partial charge < -0.3 is 19.4 Å². The number of hydrogen-bond acceptors (Lipinski definition) is 6. The standard InChI is InChI=1S/C32H33F3N4O2/c1-22(37-26-10-14-38(21-26)20-23-3-2-13-36-19-23)31-18-24-17-29(8-9-30(24)41-31)40-28-11-15-39(16-12-28)27-6-4-25(5-7-27)32(33,34)35/h2-9,13,17-19,26,28,37H,1,10-12,14-16,20-21H2/t26-/m1/s1. The van der Waals surface area contributed by atoms with E-state index in [-0.39, 0.29) is 6.10 Å². The fourth-order valence-corrected chi connectivity index (χ4v) is 5.69. The maximum absolute atomic E-state index is 12.9. The van der Waals surface area contributed by atoms with Gasteiger partial charge >= 0.3 is 6.18 Å². The lowest BCUT2D eigenvalue weighted by Crippen LogP contribution is -2.38. The first-order valence-electron chi connectivity index (χ1n) is 14.0. The van der Waals surface area contributed by atoms with Crippen LogP contribution in [-0.2, 0) is 12.7 Å². The van der Waals surface area contributed by atoms with E-state index in [0.29, 0.717) is 11.8 Å². The van der Waals surface area contributed by atoms with E-state index in [0.717, 1.165) is 92.2 Å². The van der Waals surface area contributed by atoms with Crippen molar-refractivity contribution in [3.63, 3.8) is 0 Å². The highest BCUT2D eigenvalue weighted by Gasteiger charge is 2.30. The summed E-state index contributed by atoms with van der Waals surface area (Å²) in [4.78, 5) is 8.73. The number of nitrogens with zero attached hydrogens (tertiary/aromatic N) is 3. The van der Waals surface area contributed by atoms with Gasteiger partial charge in [0.05, 0.1) is 11.3 Å². The van der Waals surface area contributed by atoms with Crippen LogP contribution in [0.4, 0.5) is 18.9 Å². The average Bonchev–Trinajstić information content (AvgIpc) is 3.60. The zero-order chi connectivity index (χ0) is 28.4. The molecule has 0 saturated carbocycles. The molecule has 2 fully saturated rings. The van der Waals surface area contributed by atoms with Crippen LogP contribution in [-0.4, -0.2) is 48.2 Å². The molecule has 2 aromatic carbocycles. The van der Waals surface area contributed by atoms with Crippen molar-refractivity contribution in [1.29, 1.82) is 0 Å². The Kier molecular flexibility index (Phi) is 7.62. The molecule has 0 spiro atoms. The number of ether oxygens (including phenoxy) is 1. The Bertz CT molecular complexity index is 1480. The van der Waals surface area contributed by atoms with E-state index < -0.39 is 11.7 Å². The average molecular weight is 563 g/mol. The number of rotatable bonds is 8. The maximum atomic E-state index is 12.9. The van der Waals surface area contributed by atoms with Gasteiger partial charge in [-0.2, -0.15) is 13.2 Å². The van der Waals surface area contributed by atoms with Crippen molar-refractivity contribution in [3.8, 4) is 5.75 Å². The number of hydrogen-bond donors (Lipinski definition) is 1. The van der Waals surface area contributed by atoms with E-state index in [9.17, 15) is 13.2 Å². The molecule has 2 aliphatic rings. The highest BCUT2D eigenvalue weighted by atomic mass is 19.4. The third kappa shape index (κ3) is 6.51. The SMILES string of the molecule is C=C(N[C@@H]1CCN(Cc2cccnc2)C1)c1cc2cc(OC3CCN(c4ccc(C(F)(F)F)cc4)CC3)ccc2o1. The molecular formula is C32H33F3N4O2.